The van der Waals surface area contributed by atoms with Gasteiger partial charge in [-0.05, 0) is 101 Å². The second kappa shape index (κ2) is 10.2. The van der Waals surface area contributed by atoms with Gasteiger partial charge in [0.1, 0.15) is 11.2 Å². The predicted octanol–water partition coefficient (Wildman–Crippen LogP) is 13.2. The van der Waals surface area contributed by atoms with E-state index < -0.39 is 0 Å². The van der Waals surface area contributed by atoms with E-state index in [1.807, 2.05) is 12.1 Å². The molecule has 1 heterocycles. The molecule has 0 N–H and O–H groups in total. The van der Waals surface area contributed by atoms with Crippen LogP contribution in [-0.4, -0.2) is 0 Å². The zero-order chi connectivity index (χ0) is 30.9. The average molecular weight is 597 g/mol. The van der Waals surface area contributed by atoms with Crippen molar-refractivity contribution in [3.8, 4) is 33.4 Å². The minimum atomic E-state index is 0.913. The first-order chi connectivity index (χ1) is 23.3. The van der Waals surface area contributed by atoms with Gasteiger partial charge in [-0.1, -0.05) is 146 Å². The standard InChI is InChI=1S/C46H28O/c1-2-14-33-29(11-1)12-9-20-34(33)35-21-10-13-30-23-24-31(27-42(30)35)45-38-16-3-5-18-40(38)46(41-19-6-4-17-39(41)45)32-25-26-37-36-15-7-8-22-43(36)47-44(37)28-32/h1-28H. The minimum absolute atomic E-state index is 0.913. The van der Waals surface area contributed by atoms with Crippen LogP contribution in [-0.2, 0) is 0 Å². The molecule has 0 saturated carbocycles. The summed E-state index contributed by atoms with van der Waals surface area (Å²) in [5, 5.41) is 12.3. The lowest BCUT2D eigenvalue weighted by atomic mass is 9.85. The fraction of sp³-hybridized carbons (Fsp3) is 0. The van der Waals surface area contributed by atoms with Gasteiger partial charge in [0.15, 0.2) is 0 Å². The summed E-state index contributed by atoms with van der Waals surface area (Å²) in [6.07, 6.45) is 0. The van der Waals surface area contributed by atoms with Crippen LogP contribution >= 0.6 is 0 Å². The van der Waals surface area contributed by atoms with Gasteiger partial charge in [-0.15, -0.1) is 0 Å². The van der Waals surface area contributed by atoms with Crippen molar-refractivity contribution in [3.05, 3.63) is 170 Å². The molecule has 1 nitrogen and oxygen atoms in total. The van der Waals surface area contributed by atoms with E-state index >= 15 is 0 Å². The van der Waals surface area contributed by atoms with Crippen molar-refractivity contribution in [2.75, 3.05) is 0 Å². The van der Waals surface area contributed by atoms with E-state index in [1.165, 1.54) is 70.9 Å². The first kappa shape index (κ1) is 26.1. The first-order valence-electron chi connectivity index (χ1n) is 16.2. The second-order valence-corrected chi connectivity index (χ2v) is 12.4. The number of furan rings is 1. The Morgan fingerprint density at radius 3 is 1.43 bits per heavy atom. The van der Waals surface area contributed by atoms with Crippen LogP contribution in [0.5, 0.6) is 0 Å². The molecule has 0 radical (unpaired) electrons. The number of hydrogen-bond acceptors (Lipinski definition) is 1. The molecule has 0 spiro atoms. The van der Waals surface area contributed by atoms with E-state index in [-0.39, 0.29) is 0 Å². The second-order valence-electron chi connectivity index (χ2n) is 12.4. The zero-order valence-electron chi connectivity index (χ0n) is 25.6. The molecule has 10 aromatic rings. The lowest BCUT2D eigenvalue weighted by Crippen LogP contribution is -1.91. The third kappa shape index (κ3) is 3.97. The molecule has 0 unspecified atom stereocenters. The normalized spacial score (nSPS) is 11.8. The number of fused-ring (bicyclic) bond motifs is 7. The SMILES string of the molecule is c1ccc2c(-c3cccc4ccc(-c5c6ccccc6c(-c6ccc7c(c6)oc6ccccc67)c6ccccc56)cc34)cccc2c1. The van der Waals surface area contributed by atoms with Crippen LogP contribution in [0.1, 0.15) is 0 Å². The number of rotatable bonds is 3. The summed E-state index contributed by atoms with van der Waals surface area (Å²) < 4.78 is 6.35. The predicted molar refractivity (Wildman–Crippen MR) is 200 cm³/mol. The summed E-state index contributed by atoms with van der Waals surface area (Å²) in [6.45, 7) is 0. The Balaban J connectivity index is 1.25. The van der Waals surface area contributed by atoms with Crippen molar-refractivity contribution < 1.29 is 4.42 Å². The van der Waals surface area contributed by atoms with Crippen molar-refractivity contribution in [2.45, 2.75) is 0 Å². The van der Waals surface area contributed by atoms with E-state index in [2.05, 4.69) is 158 Å². The summed E-state index contributed by atoms with van der Waals surface area (Å²) in [4.78, 5) is 0. The number of benzene rings is 9. The van der Waals surface area contributed by atoms with Crippen molar-refractivity contribution in [1.29, 1.82) is 0 Å². The molecule has 0 fully saturated rings. The van der Waals surface area contributed by atoms with Crippen LogP contribution < -0.4 is 0 Å². The largest absolute Gasteiger partial charge is 0.456 e. The summed E-state index contributed by atoms with van der Waals surface area (Å²) in [7, 11) is 0. The molecule has 0 saturated heterocycles. The van der Waals surface area contributed by atoms with Crippen molar-refractivity contribution in [3.63, 3.8) is 0 Å². The Bertz CT molecular complexity index is 2790. The minimum Gasteiger partial charge on any atom is -0.456 e. The molecule has 0 aliphatic heterocycles. The fourth-order valence-corrected chi connectivity index (χ4v) is 7.76. The van der Waals surface area contributed by atoms with Gasteiger partial charge in [0.25, 0.3) is 0 Å². The van der Waals surface area contributed by atoms with Gasteiger partial charge >= 0.3 is 0 Å². The smallest absolute Gasteiger partial charge is 0.136 e. The third-order valence-corrected chi connectivity index (χ3v) is 9.85. The molecule has 0 aliphatic rings. The summed E-state index contributed by atoms with van der Waals surface area (Å²) in [5.41, 5.74) is 9.23. The molecule has 1 heteroatoms. The summed E-state index contributed by atoms with van der Waals surface area (Å²) in [6, 6.07) is 61.6. The van der Waals surface area contributed by atoms with E-state index in [0.717, 1.165) is 27.5 Å². The Morgan fingerprint density at radius 1 is 0.277 bits per heavy atom. The van der Waals surface area contributed by atoms with E-state index in [0.29, 0.717) is 0 Å². The maximum absolute atomic E-state index is 6.35. The molecular formula is C46H28O. The van der Waals surface area contributed by atoms with Crippen LogP contribution in [0.25, 0.3) is 98.4 Å². The lowest BCUT2D eigenvalue weighted by molar-refractivity contribution is 0.669. The highest BCUT2D eigenvalue weighted by Gasteiger charge is 2.18. The molecule has 218 valence electrons. The Hall–Kier alpha value is -6.18. The van der Waals surface area contributed by atoms with Crippen LogP contribution in [0.15, 0.2) is 174 Å². The van der Waals surface area contributed by atoms with Gasteiger partial charge in [-0.2, -0.15) is 0 Å². The van der Waals surface area contributed by atoms with Crippen molar-refractivity contribution in [1.82, 2.24) is 0 Å². The van der Waals surface area contributed by atoms with E-state index in [9.17, 15) is 0 Å². The van der Waals surface area contributed by atoms with E-state index in [1.54, 1.807) is 0 Å². The zero-order valence-corrected chi connectivity index (χ0v) is 25.6. The van der Waals surface area contributed by atoms with Gasteiger partial charge < -0.3 is 4.42 Å². The molecule has 9 aromatic carbocycles. The third-order valence-electron chi connectivity index (χ3n) is 9.85. The average Bonchev–Trinajstić information content (AvgIpc) is 3.51. The molecule has 0 bridgehead atoms. The Morgan fingerprint density at radius 2 is 0.745 bits per heavy atom. The molecule has 1 aromatic heterocycles. The van der Waals surface area contributed by atoms with Crippen LogP contribution in [0, 0.1) is 0 Å². The number of para-hydroxylation sites is 1. The maximum Gasteiger partial charge on any atom is 0.136 e. The lowest BCUT2D eigenvalue weighted by Gasteiger charge is -2.18. The van der Waals surface area contributed by atoms with E-state index in [4.69, 9.17) is 4.42 Å². The van der Waals surface area contributed by atoms with Gasteiger partial charge in [-0.25, -0.2) is 0 Å². The van der Waals surface area contributed by atoms with Crippen LogP contribution in [0.3, 0.4) is 0 Å². The van der Waals surface area contributed by atoms with Gasteiger partial charge in [0, 0.05) is 10.8 Å². The molecular weight excluding hydrogens is 569 g/mol. The Kier molecular flexibility index (Phi) is 5.64. The highest BCUT2D eigenvalue weighted by atomic mass is 16.3. The maximum atomic E-state index is 6.35. The molecule has 0 atom stereocenters. The summed E-state index contributed by atoms with van der Waals surface area (Å²) >= 11 is 0. The highest BCUT2D eigenvalue weighted by molar-refractivity contribution is 6.22. The van der Waals surface area contributed by atoms with Gasteiger partial charge in [0.05, 0.1) is 0 Å². The Labute approximate surface area is 271 Å². The molecule has 47 heavy (non-hydrogen) atoms. The highest BCUT2D eigenvalue weighted by Crippen LogP contribution is 2.46. The fourth-order valence-electron chi connectivity index (χ4n) is 7.76. The number of hydrogen-bond donors (Lipinski definition) is 0. The monoisotopic (exact) mass is 596 g/mol. The quantitative estimate of drug-likeness (QED) is 0.185. The first-order valence-corrected chi connectivity index (χ1v) is 16.2. The van der Waals surface area contributed by atoms with Crippen LogP contribution in [0.2, 0.25) is 0 Å². The van der Waals surface area contributed by atoms with Crippen molar-refractivity contribution >= 4 is 65.0 Å². The van der Waals surface area contributed by atoms with Gasteiger partial charge in [-0.3, -0.25) is 0 Å². The molecule has 10 rings (SSSR count). The van der Waals surface area contributed by atoms with Crippen molar-refractivity contribution in [2.24, 2.45) is 0 Å². The van der Waals surface area contributed by atoms with Gasteiger partial charge in [0.2, 0.25) is 0 Å². The summed E-state index contributed by atoms with van der Waals surface area (Å²) in [5.74, 6) is 0. The topological polar surface area (TPSA) is 13.1 Å². The van der Waals surface area contributed by atoms with Crippen LogP contribution in [0.4, 0.5) is 0 Å². The molecule has 0 amide bonds. The molecule has 0 aliphatic carbocycles.